The first-order chi connectivity index (χ1) is 8.11. The molecule has 0 saturated carbocycles. The number of likely N-dealkylation sites (tertiary alicyclic amines) is 2. The Balaban J connectivity index is 1.77. The van der Waals surface area contributed by atoms with Gasteiger partial charge in [-0.2, -0.15) is 0 Å². The first kappa shape index (κ1) is 13.3. The Hall–Kier alpha value is -0.120. The highest BCUT2D eigenvalue weighted by molar-refractivity contribution is 4.86. The Bertz CT molecular complexity index is 226. The third-order valence-electron chi connectivity index (χ3n) is 4.80. The van der Waals surface area contributed by atoms with Gasteiger partial charge < -0.3 is 15.1 Å². The van der Waals surface area contributed by atoms with E-state index < -0.39 is 0 Å². The average Bonchev–Trinajstić information content (AvgIpc) is 2.34. The molecule has 3 heteroatoms. The predicted octanol–water partition coefficient (Wildman–Crippen LogP) is 1.40. The van der Waals surface area contributed by atoms with Crippen molar-refractivity contribution in [3.8, 4) is 0 Å². The van der Waals surface area contributed by atoms with Gasteiger partial charge in [-0.1, -0.05) is 6.92 Å². The molecule has 2 aliphatic rings. The number of hydrogen-bond acceptors (Lipinski definition) is 3. The molecule has 2 fully saturated rings. The van der Waals surface area contributed by atoms with E-state index in [0.29, 0.717) is 5.41 Å². The van der Waals surface area contributed by atoms with E-state index in [1.165, 1.54) is 58.4 Å². The summed E-state index contributed by atoms with van der Waals surface area (Å²) in [6.07, 6.45) is 5.39. The van der Waals surface area contributed by atoms with Gasteiger partial charge in [0.05, 0.1) is 0 Å². The topological polar surface area (TPSA) is 18.5 Å². The first-order valence-electron chi connectivity index (χ1n) is 7.19. The van der Waals surface area contributed by atoms with E-state index in [2.05, 4.69) is 36.1 Å². The molecule has 0 amide bonds. The van der Waals surface area contributed by atoms with E-state index in [1.54, 1.807) is 0 Å². The van der Waals surface area contributed by atoms with Gasteiger partial charge in [0, 0.05) is 12.6 Å². The number of nitrogens with one attached hydrogen (secondary N) is 1. The summed E-state index contributed by atoms with van der Waals surface area (Å²) in [6, 6.07) is 0.761. The van der Waals surface area contributed by atoms with Crippen molar-refractivity contribution < 1.29 is 0 Å². The quantitative estimate of drug-likeness (QED) is 0.803. The third-order valence-corrected chi connectivity index (χ3v) is 4.80. The molecule has 0 aromatic rings. The van der Waals surface area contributed by atoms with Crippen molar-refractivity contribution in [2.24, 2.45) is 5.41 Å². The van der Waals surface area contributed by atoms with Gasteiger partial charge in [-0.3, -0.25) is 0 Å². The minimum absolute atomic E-state index is 0.568. The maximum Gasteiger partial charge on any atom is 0.00884 e. The minimum Gasteiger partial charge on any atom is -0.317 e. The summed E-state index contributed by atoms with van der Waals surface area (Å²) in [6.45, 7) is 8.95. The monoisotopic (exact) mass is 239 g/mol. The molecule has 0 spiro atoms. The summed E-state index contributed by atoms with van der Waals surface area (Å²) < 4.78 is 0. The van der Waals surface area contributed by atoms with Crippen molar-refractivity contribution in [2.75, 3.05) is 46.8 Å². The van der Waals surface area contributed by atoms with Crippen LogP contribution in [-0.4, -0.2) is 62.7 Å². The second-order valence-electron chi connectivity index (χ2n) is 6.45. The van der Waals surface area contributed by atoms with E-state index in [-0.39, 0.29) is 0 Å². The van der Waals surface area contributed by atoms with Gasteiger partial charge in [-0.15, -0.1) is 0 Å². The molecule has 0 atom stereocenters. The van der Waals surface area contributed by atoms with Gasteiger partial charge >= 0.3 is 0 Å². The zero-order valence-electron chi connectivity index (χ0n) is 11.8. The molecule has 0 aromatic heterocycles. The van der Waals surface area contributed by atoms with Crippen molar-refractivity contribution in [3.05, 3.63) is 0 Å². The molecule has 3 nitrogen and oxygen atoms in total. The smallest absolute Gasteiger partial charge is 0.00884 e. The summed E-state index contributed by atoms with van der Waals surface area (Å²) in [5.74, 6) is 0. The van der Waals surface area contributed by atoms with Crippen LogP contribution in [0.15, 0.2) is 0 Å². The highest BCUT2D eigenvalue weighted by atomic mass is 15.2. The molecule has 1 N–H and O–H groups in total. The summed E-state index contributed by atoms with van der Waals surface area (Å²) >= 11 is 0. The Morgan fingerprint density at radius 1 is 1.12 bits per heavy atom. The molecule has 100 valence electrons. The fourth-order valence-corrected chi connectivity index (χ4v) is 3.24. The van der Waals surface area contributed by atoms with Crippen LogP contribution >= 0.6 is 0 Å². The lowest BCUT2D eigenvalue weighted by Crippen LogP contribution is -2.48. The van der Waals surface area contributed by atoms with Crippen LogP contribution in [0.2, 0.25) is 0 Å². The lowest BCUT2D eigenvalue weighted by Gasteiger charge is -2.43. The van der Waals surface area contributed by atoms with Gasteiger partial charge in [-0.25, -0.2) is 0 Å². The minimum atomic E-state index is 0.568. The van der Waals surface area contributed by atoms with Crippen molar-refractivity contribution in [1.82, 2.24) is 15.1 Å². The molecule has 0 unspecified atom stereocenters. The van der Waals surface area contributed by atoms with Crippen LogP contribution in [0.3, 0.4) is 0 Å². The zero-order chi connectivity index (χ0) is 12.3. The van der Waals surface area contributed by atoms with Crippen LogP contribution in [0.5, 0.6) is 0 Å². The van der Waals surface area contributed by atoms with Gasteiger partial charge in [0.2, 0.25) is 0 Å². The van der Waals surface area contributed by atoms with E-state index in [9.17, 15) is 0 Å². The van der Waals surface area contributed by atoms with Crippen LogP contribution in [0.4, 0.5) is 0 Å². The second-order valence-corrected chi connectivity index (χ2v) is 6.45. The van der Waals surface area contributed by atoms with E-state index >= 15 is 0 Å². The summed E-state index contributed by atoms with van der Waals surface area (Å²) in [4.78, 5) is 5.16. The van der Waals surface area contributed by atoms with Gasteiger partial charge in [0.15, 0.2) is 0 Å². The Morgan fingerprint density at radius 2 is 1.71 bits per heavy atom. The van der Waals surface area contributed by atoms with Crippen LogP contribution in [0, 0.1) is 5.41 Å². The number of nitrogens with zero attached hydrogens (tertiary/aromatic N) is 2. The summed E-state index contributed by atoms with van der Waals surface area (Å²) in [7, 11) is 4.34. The highest BCUT2D eigenvalue weighted by Crippen LogP contribution is 2.32. The molecule has 0 radical (unpaired) electrons. The summed E-state index contributed by atoms with van der Waals surface area (Å²) in [5.41, 5.74) is 0.568. The maximum atomic E-state index is 3.41. The van der Waals surface area contributed by atoms with E-state index in [4.69, 9.17) is 0 Å². The van der Waals surface area contributed by atoms with Crippen molar-refractivity contribution in [2.45, 2.75) is 38.6 Å². The van der Waals surface area contributed by atoms with Gasteiger partial charge in [-0.05, 0) is 71.4 Å². The number of piperidine rings is 2. The lowest BCUT2D eigenvalue weighted by molar-refractivity contribution is 0.0725. The lowest BCUT2D eigenvalue weighted by atomic mass is 9.79. The molecule has 17 heavy (non-hydrogen) atoms. The second kappa shape index (κ2) is 5.68. The summed E-state index contributed by atoms with van der Waals surface area (Å²) in [5, 5.41) is 3.41. The van der Waals surface area contributed by atoms with Crippen molar-refractivity contribution in [3.63, 3.8) is 0 Å². The van der Waals surface area contributed by atoms with Crippen molar-refractivity contribution >= 4 is 0 Å². The number of hydrogen-bond donors (Lipinski definition) is 1. The van der Waals surface area contributed by atoms with Crippen LogP contribution in [0.25, 0.3) is 0 Å². The molecule has 2 saturated heterocycles. The Morgan fingerprint density at radius 3 is 2.24 bits per heavy atom. The molecule has 0 aromatic carbocycles. The predicted molar refractivity (Wildman–Crippen MR) is 73.4 cm³/mol. The molecule has 2 aliphatic heterocycles. The van der Waals surface area contributed by atoms with E-state index in [0.717, 1.165) is 6.04 Å². The Kier molecular flexibility index (Phi) is 4.45. The van der Waals surface area contributed by atoms with Crippen LogP contribution < -0.4 is 5.32 Å². The third kappa shape index (κ3) is 3.67. The molecular weight excluding hydrogens is 210 g/mol. The fourth-order valence-electron chi connectivity index (χ4n) is 3.24. The normalized spacial score (nSPS) is 28.4. The molecule has 2 rings (SSSR count). The fraction of sp³-hybridized carbons (Fsp3) is 1.00. The highest BCUT2D eigenvalue weighted by Gasteiger charge is 2.31. The molecule has 2 heterocycles. The van der Waals surface area contributed by atoms with Gasteiger partial charge in [0.25, 0.3) is 0 Å². The zero-order valence-corrected chi connectivity index (χ0v) is 11.8. The SMILES string of the molecule is CNC1CCN(CC2(C)CCN(C)CC2)CC1. The number of rotatable bonds is 3. The molecule has 0 bridgehead atoms. The van der Waals surface area contributed by atoms with Crippen molar-refractivity contribution in [1.29, 1.82) is 0 Å². The molecule has 0 aliphatic carbocycles. The van der Waals surface area contributed by atoms with Crippen LogP contribution in [0.1, 0.15) is 32.6 Å². The standard InChI is InChI=1S/C14H29N3/c1-14(6-10-16(3)11-7-14)12-17-8-4-13(15-2)5-9-17/h13,15H,4-12H2,1-3H3. The molecular formula is C14H29N3. The first-order valence-corrected chi connectivity index (χ1v) is 7.19. The van der Waals surface area contributed by atoms with Gasteiger partial charge in [0.1, 0.15) is 0 Å². The largest absolute Gasteiger partial charge is 0.317 e. The van der Waals surface area contributed by atoms with Crippen LogP contribution in [-0.2, 0) is 0 Å². The van der Waals surface area contributed by atoms with E-state index in [1.807, 2.05) is 0 Å². The Labute approximate surface area is 107 Å². The maximum absolute atomic E-state index is 3.41. The average molecular weight is 239 g/mol.